The van der Waals surface area contributed by atoms with Crippen LogP contribution in [0.4, 0.5) is 13.2 Å². The van der Waals surface area contributed by atoms with Gasteiger partial charge in [-0.1, -0.05) is 24.9 Å². The first-order chi connectivity index (χ1) is 10.7. The van der Waals surface area contributed by atoms with Crippen molar-refractivity contribution in [3.8, 4) is 0 Å². The minimum atomic E-state index is -4.40. The SMILES string of the molecule is CCC/C(=N\C=C(/C)c1cc(Cl)cc(C2(N)CC2)c1)C(F)(F)F. The average molecular weight is 345 g/mol. The number of rotatable bonds is 5. The van der Waals surface area contributed by atoms with Crippen LogP contribution in [-0.2, 0) is 5.54 Å². The van der Waals surface area contributed by atoms with Gasteiger partial charge in [0.1, 0.15) is 5.71 Å². The topological polar surface area (TPSA) is 38.4 Å². The van der Waals surface area contributed by atoms with Gasteiger partial charge in [-0.05, 0) is 61.1 Å². The number of alkyl halides is 3. The second-order valence-corrected chi connectivity index (χ2v) is 6.46. The van der Waals surface area contributed by atoms with E-state index in [4.69, 9.17) is 17.3 Å². The Morgan fingerprint density at radius 2 is 2.00 bits per heavy atom. The summed E-state index contributed by atoms with van der Waals surface area (Å²) in [6.45, 7) is 3.41. The van der Waals surface area contributed by atoms with Gasteiger partial charge in [0.2, 0.25) is 0 Å². The minimum Gasteiger partial charge on any atom is -0.321 e. The quantitative estimate of drug-likeness (QED) is 0.708. The first kappa shape index (κ1) is 18.0. The lowest BCUT2D eigenvalue weighted by molar-refractivity contribution is -0.0605. The molecule has 2 N–H and O–H groups in total. The highest BCUT2D eigenvalue weighted by molar-refractivity contribution is 6.30. The summed E-state index contributed by atoms with van der Waals surface area (Å²) in [5, 5.41) is 0.524. The Morgan fingerprint density at radius 1 is 1.35 bits per heavy atom. The lowest BCUT2D eigenvalue weighted by atomic mass is 9.99. The van der Waals surface area contributed by atoms with E-state index in [1.807, 2.05) is 12.1 Å². The van der Waals surface area contributed by atoms with Crippen LogP contribution >= 0.6 is 11.6 Å². The van der Waals surface area contributed by atoms with Crippen LogP contribution in [0.3, 0.4) is 0 Å². The summed E-state index contributed by atoms with van der Waals surface area (Å²) in [4.78, 5) is 3.65. The number of allylic oxidation sites excluding steroid dienone is 1. The highest BCUT2D eigenvalue weighted by Crippen LogP contribution is 2.44. The first-order valence-corrected chi connectivity index (χ1v) is 7.94. The maximum absolute atomic E-state index is 12.9. The fraction of sp³-hybridized carbons (Fsp3) is 0.471. The largest absolute Gasteiger partial charge is 0.429 e. The minimum absolute atomic E-state index is 0.0972. The molecule has 23 heavy (non-hydrogen) atoms. The fourth-order valence-corrected chi connectivity index (χ4v) is 2.53. The molecule has 0 amide bonds. The Hall–Kier alpha value is -1.33. The van der Waals surface area contributed by atoms with E-state index in [2.05, 4.69) is 4.99 Å². The Balaban J connectivity index is 2.32. The smallest absolute Gasteiger partial charge is 0.321 e. The molecular formula is C17H20ClF3N2. The van der Waals surface area contributed by atoms with E-state index in [-0.39, 0.29) is 12.0 Å². The normalized spacial score (nSPS) is 18.2. The molecule has 2 rings (SSSR count). The van der Waals surface area contributed by atoms with Crippen LogP contribution in [0.25, 0.3) is 5.57 Å². The van der Waals surface area contributed by atoms with Gasteiger partial charge >= 0.3 is 6.18 Å². The summed E-state index contributed by atoms with van der Waals surface area (Å²) in [7, 11) is 0. The van der Waals surface area contributed by atoms with Crippen molar-refractivity contribution in [2.75, 3.05) is 0 Å². The summed E-state index contributed by atoms with van der Waals surface area (Å²) in [6.07, 6.45) is -1.07. The molecule has 0 heterocycles. The van der Waals surface area contributed by atoms with Crippen molar-refractivity contribution < 1.29 is 13.2 Å². The van der Waals surface area contributed by atoms with Crippen LogP contribution in [-0.4, -0.2) is 11.9 Å². The van der Waals surface area contributed by atoms with E-state index < -0.39 is 11.9 Å². The molecule has 0 aromatic heterocycles. The van der Waals surface area contributed by atoms with Crippen molar-refractivity contribution in [3.63, 3.8) is 0 Å². The van der Waals surface area contributed by atoms with Crippen LogP contribution in [0, 0.1) is 0 Å². The number of halogens is 4. The lowest BCUT2D eigenvalue weighted by Crippen LogP contribution is -2.22. The van der Waals surface area contributed by atoms with Crippen LogP contribution in [0.1, 0.15) is 50.7 Å². The van der Waals surface area contributed by atoms with Crippen molar-refractivity contribution in [2.45, 2.75) is 51.2 Å². The molecule has 0 spiro atoms. The summed E-state index contributed by atoms with van der Waals surface area (Å²) < 4.78 is 38.6. The fourth-order valence-electron chi connectivity index (χ4n) is 2.29. The molecule has 2 nitrogen and oxygen atoms in total. The molecule has 1 fully saturated rings. The molecule has 0 atom stereocenters. The number of hydrogen-bond donors (Lipinski definition) is 1. The molecule has 0 aliphatic heterocycles. The van der Waals surface area contributed by atoms with Crippen molar-refractivity contribution in [1.29, 1.82) is 0 Å². The van der Waals surface area contributed by atoms with Crippen LogP contribution in [0.15, 0.2) is 29.4 Å². The van der Waals surface area contributed by atoms with Crippen molar-refractivity contribution in [2.24, 2.45) is 10.7 Å². The van der Waals surface area contributed by atoms with Gasteiger partial charge in [-0.25, -0.2) is 0 Å². The molecule has 0 saturated heterocycles. The molecule has 126 valence electrons. The molecule has 1 aliphatic rings. The van der Waals surface area contributed by atoms with Crippen LogP contribution < -0.4 is 5.73 Å². The van der Waals surface area contributed by atoms with Crippen molar-refractivity contribution in [3.05, 3.63) is 40.5 Å². The summed E-state index contributed by atoms with van der Waals surface area (Å²) in [5.74, 6) is 0. The van der Waals surface area contributed by atoms with E-state index in [0.717, 1.165) is 24.0 Å². The maximum Gasteiger partial charge on any atom is 0.429 e. The Bertz CT molecular complexity index is 644. The van der Waals surface area contributed by atoms with Crippen LogP contribution in [0.2, 0.25) is 5.02 Å². The maximum atomic E-state index is 12.9. The van der Waals surface area contributed by atoms with Crippen molar-refractivity contribution in [1.82, 2.24) is 0 Å². The van der Waals surface area contributed by atoms with Gasteiger partial charge < -0.3 is 5.73 Å². The van der Waals surface area contributed by atoms with Gasteiger partial charge in [0.25, 0.3) is 0 Å². The number of benzene rings is 1. The lowest BCUT2D eigenvalue weighted by Gasteiger charge is -2.12. The number of hydrogen-bond acceptors (Lipinski definition) is 2. The van der Waals surface area contributed by atoms with E-state index in [1.165, 1.54) is 6.20 Å². The third-order valence-electron chi connectivity index (χ3n) is 3.94. The van der Waals surface area contributed by atoms with E-state index in [9.17, 15) is 13.2 Å². The van der Waals surface area contributed by atoms with Gasteiger partial charge in [-0.15, -0.1) is 0 Å². The molecular weight excluding hydrogens is 325 g/mol. The zero-order chi connectivity index (χ0) is 17.3. The predicted octanol–water partition coefficient (Wildman–Crippen LogP) is 5.45. The predicted molar refractivity (Wildman–Crippen MR) is 88.6 cm³/mol. The van der Waals surface area contributed by atoms with Gasteiger partial charge in [-0.3, -0.25) is 4.99 Å². The first-order valence-electron chi connectivity index (χ1n) is 7.56. The molecule has 1 aliphatic carbocycles. The molecule has 6 heteroatoms. The molecule has 0 unspecified atom stereocenters. The van der Waals surface area contributed by atoms with Gasteiger partial charge in [-0.2, -0.15) is 13.2 Å². The summed E-state index contributed by atoms with van der Waals surface area (Å²) in [5.41, 5.74) is 7.34. The highest BCUT2D eigenvalue weighted by atomic mass is 35.5. The van der Waals surface area contributed by atoms with E-state index >= 15 is 0 Å². The molecule has 1 aromatic carbocycles. The van der Waals surface area contributed by atoms with E-state index in [0.29, 0.717) is 17.0 Å². The Labute approximate surface area is 139 Å². The van der Waals surface area contributed by atoms with Crippen molar-refractivity contribution >= 4 is 22.9 Å². The Kier molecular flexibility index (Phi) is 5.21. The number of nitrogens with two attached hydrogens (primary N) is 1. The summed E-state index contributed by atoms with van der Waals surface area (Å²) in [6, 6.07) is 5.41. The molecule has 0 bridgehead atoms. The second-order valence-electron chi connectivity index (χ2n) is 6.02. The molecule has 1 saturated carbocycles. The second kappa shape index (κ2) is 6.65. The number of nitrogens with zero attached hydrogens (tertiary/aromatic N) is 1. The summed E-state index contributed by atoms with van der Waals surface area (Å²) >= 11 is 6.11. The van der Waals surface area contributed by atoms with Gasteiger partial charge in [0.05, 0.1) is 0 Å². The standard InChI is InChI=1S/C17H20ClF3N2/c1-3-4-15(17(19,20)21)23-10-11(2)12-7-13(9-14(18)8-12)16(22)5-6-16/h7-10H,3-6,22H2,1-2H3/b11-10+,23-15+. The third-order valence-corrected chi connectivity index (χ3v) is 4.16. The zero-order valence-electron chi connectivity index (χ0n) is 13.2. The van der Waals surface area contributed by atoms with E-state index in [1.54, 1.807) is 19.9 Å². The molecule has 1 aromatic rings. The third kappa shape index (κ3) is 4.58. The average Bonchev–Trinajstić information content (AvgIpc) is 3.20. The molecule has 0 radical (unpaired) electrons. The van der Waals surface area contributed by atoms with Gasteiger partial charge in [0.15, 0.2) is 0 Å². The highest BCUT2D eigenvalue weighted by Gasteiger charge is 2.40. The Morgan fingerprint density at radius 3 is 2.52 bits per heavy atom. The van der Waals surface area contributed by atoms with Gasteiger partial charge in [0, 0.05) is 16.8 Å². The zero-order valence-corrected chi connectivity index (χ0v) is 13.9. The monoisotopic (exact) mass is 344 g/mol. The number of aliphatic imine (C=N–C) groups is 1. The van der Waals surface area contributed by atoms with Crippen LogP contribution in [0.5, 0.6) is 0 Å².